The number of hydrogen-bond acceptors (Lipinski definition) is 2. The van der Waals surface area contributed by atoms with Crippen LogP contribution in [0.4, 0.5) is 13.2 Å². The minimum atomic E-state index is -4.41. The number of rotatable bonds is 4. The number of phenolic OH excluding ortho intramolecular Hbond substituents is 1. The van der Waals surface area contributed by atoms with Crippen molar-refractivity contribution in [3.8, 4) is 5.75 Å². The minimum Gasteiger partial charge on any atom is -0.508 e. The van der Waals surface area contributed by atoms with Crippen molar-refractivity contribution in [3.63, 3.8) is 0 Å². The number of phenols is 1. The summed E-state index contributed by atoms with van der Waals surface area (Å²) in [7, 11) is 0. The van der Waals surface area contributed by atoms with Crippen LogP contribution in [-0.2, 0) is 12.6 Å². The van der Waals surface area contributed by atoms with Gasteiger partial charge in [-0.05, 0) is 48.4 Å². The van der Waals surface area contributed by atoms with Gasteiger partial charge in [0.15, 0.2) is 0 Å². The third-order valence-corrected chi connectivity index (χ3v) is 3.11. The van der Waals surface area contributed by atoms with E-state index in [0.717, 1.165) is 29.8 Å². The Labute approximate surface area is 125 Å². The fourth-order valence-corrected chi connectivity index (χ4v) is 1.90. The van der Waals surface area contributed by atoms with Crippen LogP contribution in [0.2, 0.25) is 0 Å². The molecule has 0 saturated heterocycles. The first kappa shape index (κ1) is 15.9. The Morgan fingerprint density at radius 1 is 1.00 bits per heavy atom. The van der Waals surface area contributed by atoms with E-state index in [0.29, 0.717) is 13.0 Å². The molecule has 2 aromatic rings. The number of benzene rings is 2. The smallest absolute Gasteiger partial charge is 0.416 e. The first-order valence-corrected chi connectivity index (χ1v) is 6.59. The van der Waals surface area contributed by atoms with E-state index >= 15 is 0 Å². The van der Waals surface area contributed by atoms with Gasteiger partial charge in [-0.25, -0.2) is 0 Å². The Hall–Kier alpha value is -2.50. The lowest BCUT2D eigenvalue weighted by molar-refractivity contribution is -0.137. The van der Waals surface area contributed by atoms with Gasteiger partial charge in [-0.1, -0.05) is 12.1 Å². The van der Waals surface area contributed by atoms with E-state index in [1.807, 2.05) is 0 Å². The Bertz CT molecular complexity index is 634. The third-order valence-electron chi connectivity index (χ3n) is 3.11. The zero-order chi connectivity index (χ0) is 16.2. The maximum atomic E-state index is 12.4. The summed E-state index contributed by atoms with van der Waals surface area (Å²) in [5, 5.41) is 11.8. The van der Waals surface area contributed by atoms with E-state index in [1.54, 1.807) is 24.3 Å². The van der Waals surface area contributed by atoms with Gasteiger partial charge in [-0.2, -0.15) is 13.2 Å². The van der Waals surface area contributed by atoms with Crippen molar-refractivity contribution in [1.29, 1.82) is 0 Å². The molecular formula is C16H14F3NO2. The first-order chi connectivity index (χ1) is 10.4. The highest BCUT2D eigenvalue weighted by Crippen LogP contribution is 2.29. The minimum absolute atomic E-state index is 0.164. The van der Waals surface area contributed by atoms with Gasteiger partial charge in [-0.15, -0.1) is 0 Å². The second kappa shape index (κ2) is 6.51. The molecule has 0 aliphatic rings. The molecule has 1 amide bonds. The monoisotopic (exact) mass is 309 g/mol. The molecule has 0 fully saturated rings. The molecule has 0 heterocycles. The summed E-state index contributed by atoms with van der Waals surface area (Å²) < 4.78 is 37.3. The van der Waals surface area contributed by atoms with Crippen molar-refractivity contribution in [3.05, 3.63) is 65.2 Å². The number of carbonyl (C=O) groups excluding carboxylic acids is 1. The van der Waals surface area contributed by atoms with Crippen molar-refractivity contribution in [1.82, 2.24) is 5.32 Å². The van der Waals surface area contributed by atoms with Gasteiger partial charge in [0.2, 0.25) is 0 Å². The van der Waals surface area contributed by atoms with Crippen molar-refractivity contribution in [2.45, 2.75) is 12.6 Å². The summed E-state index contributed by atoms with van der Waals surface area (Å²) in [6, 6.07) is 10.6. The SMILES string of the molecule is O=C(NCCc1ccc(O)cc1)c1ccc(C(F)(F)F)cc1. The Morgan fingerprint density at radius 3 is 2.14 bits per heavy atom. The molecule has 0 atom stereocenters. The largest absolute Gasteiger partial charge is 0.508 e. The Balaban J connectivity index is 1.88. The van der Waals surface area contributed by atoms with Gasteiger partial charge in [-0.3, -0.25) is 4.79 Å². The second-order valence-electron chi connectivity index (χ2n) is 4.75. The van der Waals surface area contributed by atoms with E-state index in [9.17, 15) is 18.0 Å². The highest BCUT2D eigenvalue weighted by atomic mass is 19.4. The van der Waals surface area contributed by atoms with Crippen LogP contribution in [0.3, 0.4) is 0 Å². The molecule has 0 spiro atoms. The van der Waals surface area contributed by atoms with Gasteiger partial charge >= 0.3 is 6.18 Å². The van der Waals surface area contributed by atoms with Gasteiger partial charge in [0.05, 0.1) is 5.56 Å². The van der Waals surface area contributed by atoms with Gasteiger partial charge in [0.25, 0.3) is 5.91 Å². The Morgan fingerprint density at radius 2 is 1.59 bits per heavy atom. The lowest BCUT2D eigenvalue weighted by Crippen LogP contribution is -2.25. The number of nitrogens with one attached hydrogen (secondary N) is 1. The van der Waals surface area contributed by atoms with Crippen LogP contribution in [0, 0.1) is 0 Å². The number of halogens is 3. The molecule has 6 heteroatoms. The van der Waals surface area contributed by atoms with Gasteiger partial charge in [0.1, 0.15) is 5.75 Å². The summed E-state index contributed by atoms with van der Waals surface area (Å²) in [5.74, 6) is -0.259. The fourth-order valence-electron chi connectivity index (χ4n) is 1.90. The zero-order valence-electron chi connectivity index (χ0n) is 11.5. The van der Waals surface area contributed by atoms with Crippen molar-refractivity contribution in [2.75, 3.05) is 6.54 Å². The molecule has 3 nitrogen and oxygen atoms in total. The molecule has 22 heavy (non-hydrogen) atoms. The zero-order valence-corrected chi connectivity index (χ0v) is 11.5. The molecule has 2 rings (SSSR count). The quantitative estimate of drug-likeness (QED) is 0.909. The number of alkyl halides is 3. The standard InChI is InChI=1S/C16H14F3NO2/c17-16(18,19)13-5-3-12(4-6-13)15(22)20-10-9-11-1-7-14(21)8-2-11/h1-8,21H,9-10H2,(H,20,22). The van der Waals surface area contributed by atoms with Crippen LogP contribution in [0.15, 0.2) is 48.5 Å². The van der Waals surface area contributed by atoms with Crippen LogP contribution in [0.5, 0.6) is 5.75 Å². The molecule has 0 aliphatic heterocycles. The molecule has 0 aromatic heterocycles. The maximum absolute atomic E-state index is 12.4. The van der Waals surface area contributed by atoms with E-state index in [-0.39, 0.29) is 11.3 Å². The van der Waals surface area contributed by atoms with Crippen LogP contribution in [-0.4, -0.2) is 17.6 Å². The Kier molecular flexibility index (Phi) is 4.70. The molecule has 0 saturated carbocycles. The van der Waals surface area contributed by atoms with Gasteiger partial charge in [0, 0.05) is 12.1 Å². The number of hydrogen-bond donors (Lipinski definition) is 2. The summed E-state index contributed by atoms with van der Waals surface area (Å²) >= 11 is 0. The third kappa shape index (κ3) is 4.25. The van der Waals surface area contributed by atoms with Gasteiger partial charge < -0.3 is 10.4 Å². The predicted molar refractivity (Wildman–Crippen MR) is 75.6 cm³/mol. The average Bonchev–Trinajstić information content (AvgIpc) is 2.48. The summed E-state index contributed by atoms with van der Waals surface area (Å²) in [4.78, 5) is 11.8. The van der Waals surface area contributed by atoms with Crippen molar-refractivity contribution in [2.24, 2.45) is 0 Å². The van der Waals surface area contributed by atoms with E-state index < -0.39 is 17.6 Å². The van der Waals surface area contributed by atoms with Crippen molar-refractivity contribution < 1.29 is 23.1 Å². The molecule has 116 valence electrons. The lowest BCUT2D eigenvalue weighted by atomic mass is 10.1. The molecule has 0 unspecified atom stereocenters. The summed E-state index contributed by atoms with van der Waals surface area (Å²) in [6.07, 6.45) is -3.85. The number of aromatic hydroxyl groups is 1. The van der Waals surface area contributed by atoms with Crippen LogP contribution in [0.25, 0.3) is 0 Å². The molecule has 0 radical (unpaired) electrons. The second-order valence-corrected chi connectivity index (χ2v) is 4.75. The average molecular weight is 309 g/mol. The van der Waals surface area contributed by atoms with Crippen LogP contribution >= 0.6 is 0 Å². The molecule has 0 bridgehead atoms. The lowest BCUT2D eigenvalue weighted by Gasteiger charge is -2.08. The fraction of sp³-hybridized carbons (Fsp3) is 0.188. The maximum Gasteiger partial charge on any atom is 0.416 e. The highest BCUT2D eigenvalue weighted by molar-refractivity contribution is 5.94. The van der Waals surface area contributed by atoms with E-state index in [1.165, 1.54) is 0 Å². The topological polar surface area (TPSA) is 49.3 Å². The van der Waals surface area contributed by atoms with Crippen LogP contribution in [0.1, 0.15) is 21.5 Å². The first-order valence-electron chi connectivity index (χ1n) is 6.59. The van der Waals surface area contributed by atoms with Crippen molar-refractivity contribution >= 4 is 5.91 Å². The molecular weight excluding hydrogens is 295 g/mol. The highest BCUT2D eigenvalue weighted by Gasteiger charge is 2.30. The molecule has 2 aromatic carbocycles. The predicted octanol–water partition coefficient (Wildman–Crippen LogP) is 3.38. The normalized spacial score (nSPS) is 11.2. The van der Waals surface area contributed by atoms with E-state index in [2.05, 4.69) is 5.32 Å². The summed E-state index contributed by atoms with van der Waals surface area (Å²) in [5.41, 5.74) is 0.331. The van der Waals surface area contributed by atoms with Crippen LogP contribution < -0.4 is 5.32 Å². The molecule has 2 N–H and O–H groups in total. The van der Waals surface area contributed by atoms with E-state index in [4.69, 9.17) is 5.11 Å². The number of carbonyl (C=O) groups is 1. The molecule has 0 aliphatic carbocycles. The number of amides is 1. The summed E-state index contributed by atoms with van der Waals surface area (Å²) in [6.45, 7) is 0.352.